The minimum Gasteiger partial charge on any atom is -0.313 e. The van der Waals surface area contributed by atoms with Crippen molar-refractivity contribution in [2.45, 2.75) is 31.7 Å². The zero-order valence-corrected chi connectivity index (χ0v) is 6.88. The van der Waals surface area contributed by atoms with Gasteiger partial charge in [0.1, 0.15) is 5.54 Å². The highest BCUT2D eigenvalue weighted by atomic mass is 14.8. The number of nitrogens with zero attached hydrogens (tertiary/aromatic N) is 1. The van der Waals surface area contributed by atoms with Crippen LogP contribution in [0.4, 0.5) is 0 Å². The van der Waals surface area contributed by atoms with Crippen LogP contribution in [-0.2, 0) is 0 Å². The first-order chi connectivity index (χ1) is 5.15. The predicted molar refractivity (Wildman–Crippen MR) is 42.5 cm³/mol. The molecule has 0 saturated heterocycles. The molecule has 2 aliphatic rings. The molecule has 2 saturated carbocycles. The zero-order chi connectivity index (χ0) is 8.06. The lowest BCUT2D eigenvalue weighted by atomic mass is 9.97. The van der Waals surface area contributed by atoms with Gasteiger partial charge in [0.2, 0.25) is 0 Å². The molecule has 0 aromatic heterocycles. The molecule has 0 aliphatic heterocycles. The second kappa shape index (κ2) is 1.98. The summed E-state index contributed by atoms with van der Waals surface area (Å²) >= 11 is 0. The molecule has 60 valence electrons. The Morgan fingerprint density at radius 2 is 2.18 bits per heavy atom. The maximum absolute atomic E-state index is 8.75. The van der Waals surface area contributed by atoms with Crippen LogP contribution in [0.1, 0.15) is 26.2 Å². The fourth-order valence-corrected chi connectivity index (χ4v) is 2.03. The second-order valence-electron chi connectivity index (χ2n) is 4.24. The Bertz CT molecular complexity index is 210. The smallest absolute Gasteiger partial charge is 0.104 e. The van der Waals surface area contributed by atoms with E-state index in [1.807, 2.05) is 6.92 Å². The van der Waals surface area contributed by atoms with Gasteiger partial charge in [-0.2, -0.15) is 5.26 Å². The van der Waals surface area contributed by atoms with Crippen LogP contribution < -0.4 is 5.73 Å². The molecular weight excluding hydrogens is 136 g/mol. The van der Waals surface area contributed by atoms with Gasteiger partial charge in [-0.1, -0.05) is 0 Å². The monoisotopic (exact) mass is 150 g/mol. The van der Waals surface area contributed by atoms with Crippen LogP contribution in [0, 0.1) is 29.1 Å². The first kappa shape index (κ1) is 7.12. The molecule has 0 spiro atoms. The van der Waals surface area contributed by atoms with Crippen molar-refractivity contribution >= 4 is 0 Å². The van der Waals surface area contributed by atoms with Crippen LogP contribution in [0.15, 0.2) is 0 Å². The van der Waals surface area contributed by atoms with Gasteiger partial charge < -0.3 is 5.73 Å². The lowest BCUT2D eigenvalue weighted by Gasteiger charge is -2.14. The lowest BCUT2D eigenvalue weighted by Crippen LogP contribution is -2.37. The molecule has 11 heavy (non-hydrogen) atoms. The van der Waals surface area contributed by atoms with Crippen molar-refractivity contribution in [3.63, 3.8) is 0 Å². The summed E-state index contributed by atoms with van der Waals surface area (Å²) in [6.45, 7) is 1.86. The fourth-order valence-electron chi connectivity index (χ4n) is 2.03. The van der Waals surface area contributed by atoms with E-state index in [4.69, 9.17) is 11.0 Å². The third-order valence-electron chi connectivity index (χ3n) is 3.08. The quantitative estimate of drug-likeness (QED) is 0.644. The normalized spacial score (nSPS) is 40.8. The Morgan fingerprint density at radius 3 is 2.64 bits per heavy atom. The molecule has 0 radical (unpaired) electrons. The van der Waals surface area contributed by atoms with Crippen molar-refractivity contribution in [2.75, 3.05) is 0 Å². The average Bonchev–Trinajstić information content (AvgIpc) is 2.78. The minimum absolute atomic E-state index is 0.500. The topological polar surface area (TPSA) is 49.8 Å². The maximum atomic E-state index is 8.75. The van der Waals surface area contributed by atoms with Gasteiger partial charge >= 0.3 is 0 Å². The Morgan fingerprint density at radius 1 is 1.55 bits per heavy atom. The molecule has 2 heteroatoms. The zero-order valence-electron chi connectivity index (χ0n) is 6.88. The summed E-state index contributed by atoms with van der Waals surface area (Å²) in [5.41, 5.74) is 5.27. The van der Waals surface area contributed by atoms with E-state index in [2.05, 4.69) is 6.07 Å². The largest absolute Gasteiger partial charge is 0.313 e. The van der Waals surface area contributed by atoms with Crippen LogP contribution >= 0.6 is 0 Å². The summed E-state index contributed by atoms with van der Waals surface area (Å²) in [5, 5.41) is 8.75. The molecule has 2 nitrogen and oxygen atoms in total. The molecule has 2 rings (SSSR count). The Balaban J connectivity index is 1.95. The molecule has 2 fully saturated rings. The molecule has 0 aromatic rings. The standard InChI is InChI=1S/C9H14N2/c1-9(11,5-10)8-4-7(8)6-2-3-6/h6-8H,2-4,11H2,1H3. The average molecular weight is 150 g/mol. The minimum atomic E-state index is -0.548. The summed E-state index contributed by atoms with van der Waals surface area (Å²) in [7, 11) is 0. The molecule has 0 heterocycles. The highest BCUT2D eigenvalue weighted by Crippen LogP contribution is 2.57. The van der Waals surface area contributed by atoms with E-state index < -0.39 is 5.54 Å². The van der Waals surface area contributed by atoms with Crippen molar-refractivity contribution in [2.24, 2.45) is 23.5 Å². The molecule has 3 unspecified atom stereocenters. The molecule has 0 amide bonds. The van der Waals surface area contributed by atoms with Crippen LogP contribution in [0.2, 0.25) is 0 Å². The van der Waals surface area contributed by atoms with Crippen LogP contribution in [0.3, 0.4) is 0 Å². The number of hydrogen-bond acceptors (Lipinski definition) is 2. The summed E-state index contributed by atoms with van der Waals surface area (Å²) < 4.78 is 0. The Hall–Kier alpha value is -0.550. The number of rotatable bonds is 2. The van der Waals surface area contributed by atoms with Crippen molar-refractivity contribution in [3.05, 3.63) is 0 Å². The fraction of sp³-hybridized carbons (Fsp3) is 0.889. The maximum Gasteiger partial charge on any atom is 0.104 e. The van der Waals surface area contributed by atoms with Gasteiger partial charge in [0.15, 0.2) is 0 Å². The second-order valence-corrected chi connectivity index (χ2v) is 4.24. The van der Waals surface area contributed by atoms with E-state index in [-0.39, 0.29) is 0 Å². The van der Waals surface area contributed by atoms with Crippen molar-refractivity contribution in [3.8, 4) is 6.07 Å². The SMILES string of the molecule is CC(N)(C#N)C1CC1C1CC1. The van der Waals surface area contributed by atoms with Crippen molar-refractivity contribution in [1.29, 1.82) is 5.26 Å². The summed E-state index contributed by atoms with van der Waals surface area (Å²) in [6.07, 6.45) is 3.95. The first-order valence-electron chi connectivity index (χ1n) is 4.35. The van der Waals surface area contributed by atoms with Gasteiger partial charge in [-0.25, -0.2) is 0 Å². The third-order valence-corrected chi connectivity index (χ3v) is 3.08. The van der Waals surface area contributed by atoms with E-state index in [1.165, 1.54) is 19.3 Å². The lowest BCUT2D eigenvalue weighted by molar-refractivity contribution is 0.468. The highest BCUT2D eigenvalue weighted by molar-refractivity contribution is 5.15. The van der Waals surface area contributed by atoms with Crippen LogP contribution in [-0.4, -0.2) is 5.54 Å². The Labute approximate surface area is 67.4 Å². The van der Waals surface area contributed by atoms with Gasteiger partial charge in [-0.3, -0.25) is 0 Å². The van der Waals surface area contributed by atoms with E-state index in [0.717, 1.165) is 11.8 Å². The van der Waals surface area contributed by atoms with Gasteiger partial charge in [0.25, 0.3) is 0 Å². The molecule has 3 atom stereocenters. The van der Waals surface area contributed by atoms with E-state index in [1.54, 1.807) is 0 Å². The number of nitrogens with two attached hydrogens (primary N) is 1. The van der Waals surface area contributed by atoms with E-state index in [0.29, 0.717) is 5.92 Å². The third kappa shape index (κ3) is 1.14. The summed E-state index contributed by atoms with van der Waals surface area (Å²) in [4.78, 5) is 0. The van der Waals surface area contributed by atoms with Gasteiger partial charge in [-0.05, 0) is 43.9 Å². The van der Waals surface area contributed by atoms with E-state index >= 15 is 0 Å². The molecule has 2 N–H and O–H groups in total. The van der Waals surface area contributed by atoms with Gasteiger partial charge in [-0.15, -0.1) is 0 Å². The summed E-state index contributed by atoms with van der Waals surface area (Å²) in [6, 6.07) is 2.19. The van der Waals surface area contributed by atoms with Gasteiger partial charge in [0, 0.05) is 0 Å². The molecular formula is C9H14N2. The Kier molecular flexibility index (Phi) is 1.28. The van der Waals surface area contributed by atoms with Crippen molar-refractivity contribution < 1.29 is 0 Å². The molecule has 2 aliphatic carbocycles. The number of nitriles is 1. The highest BCUT2D eigenvalue weighted by Gasteiger charge is 2.54. The molecule has 0 aromatic carbocycles. The molecule has 0 bridgehead atoms. The first-order valence-corrected chi connectivity index (χ1v) is 4.35. The number of hydrogen-bond donors (Lipinski definition) is 1. The van der Waals surface area contributed by atoms with Crippen LogP contribution in [0.25, 0.3) is 0 Å². The predicted octanol–water partition coefficient (Wildman–Crippen LogP) is 1.27. The van der Waals surface area contributed by atoms with Crippen molar-refractivity contribution in [1.82, 2.24) is 0 Å². The van der Waals surface area contributed by atoms with Gasteiger partial charge in [0.05, 0.1) is 6.07 Å². The summed E-state index contributed by atoms with van der Waals surface area (Å²) in [5.74, 6) is 2.22. The van der Waals surface area contributed by atoms with E-state index in [9.17, 15) is 0 Å². The van der Waals surface area contributed by atoms with Crippen LogP contribution in [0.5, 0.6) is 0 Å².